The second kappa shape index (κ2) is 15.1. The molecule has 0 radical (unpaired) electrons. The van der Waals surface area contributed by atoms with Crippen molar-refractivity contribution in [3.63, 3.8) is 0 Å². The SMILES string of the molecule is O=C(O)c1cc(-c2ccco2)on1.O=C(c1cc(-c2ccco2)on1)N1CC(Cc2ccccc2)C1.c1ccc(CC2CNC2)cc1. The van der Waals surface area contributed by atoms with E-state index in [-0.39, 0.29) is 11.6 Å². The van der Waals surface area contributed by atoms with Gasteiger partial charge in [0.15, 0.2) is 22.9 Å². The number of nitrogens with zero attached hydrogens (tertiary/aromatic N) is 3. The van der Waals surface area contributed by atoms with E-state index < -0.39 is 5.97 Å². The smallest absolute Gasteiger partial charge is 0.358 e. The molecule has 2 aromatic carbocycles. The van der Waals surface area contributed by atoms with Gasteiger partial charge in [-0.1, -0.05) is 71.0 Å². The van der Waals surface area contributed by atoms with Gasteiger partial charge in [0.2, 0.25) is 11.5 Å². The van der Waals surface area contributed by atoms with E-state index >= 15 is 0 Å². The lowest BCUT2D eigenvalue weighted by atomic mass is 9.92. The lowest BCUT2D eigenvalue weighted by Crippen LogP contribution is -2.50. The molecule has 0 aliphatic carbocycles. The zero-order chi connectivity index (χ0) is 32.4. The van der Waals surface area contributed by atoms with Crippen LogP contribution in [0.1, 0.15) is 32.1 Å². The molecule has 2 fully saturated rings. The van der Waals surface area contributed by atoms with Crippen LogP contribution in [0.15, 0.2) is 127 Å². The summed E-state index contributed by atoms with van der Waals surface area (Å²) in [5.41, 5.74) is 2.98. The molecule has 0 atom stereocenters. The van der Waals surface area contributed by atoms with Crippen molar-refractivity contribution in [1.29, 1.82) is 0 Å². The Labute approximate surface area is 270 Å². The number of hydrogen-bond acceptors (Lipinski definition) is 9. The number of carbonyl (C=O) groups excluding carboxylic acids is 1. The van der Waals surface area contributed by atoms with E-state index in [1.165, 1.54) is 43.0 Å². The second-order valence-electron chi connectivity index (χ2n) is 11.4. The molecule has 0 bridgehead atoms. The maximum absolute atomic E-state index is 12.4. The van der Waals surface area contributed by atoms with Crippen LogP contribution in [0.5, 0.6) is 0 Å². The van der Waals surface area contributed by atoms with Crippen LogP contribution < -0.4 is 5.32 Å². The number of aromatic nitrogens is 2. The number of aromatic carboxylic acids is 1. The molecule has 6 heterocycles. The summed E-state index contributed by atoms with van der Waals surface area (Å²) in [6.45, 7) is 3.93. The Morgan fingerprint density at radius 2 is 1.19 bits per heavy atom. The molecule has 11 nitrogen and oxygen atoms in total. The molecule has 11 heteroatoms. The monoisotopic (exact) mass is 634 g/mol. The fourth-order valence-corrected chi connectivity index (χ4v) is 5.24. The van der Waals surface area contributed by atoms with Crippen molar-refractivity contribution in [3.05, 3.63) is 132 Å². The van der Waals surface area contributed by atoms with Crippen LogP contribution in [0.25, 0.3) is 23.0 Å². The van der Waals surface area contributed by atoms with Gasteiger partial charge in [0, 0.05) is 25.2 Å². The van der Waals surface area contributed by atoms with Gasteiger partial charge in [-0.2, -0.15) is 0 Å². The molecular formula is C36H34N4O7. The molecule has 6 aromatic rings. The number of likely N-dealkylation sites (tertiary alicyclic amines) is 1. The van der Waals surface area contributed by atoms with E-state index in [1.54, 1.807) is 41.5 Å². The summed E-state index contributed by atoms with van der Waals surface area (Å²) in [4.78, 5) is 24.6. The number of carboxylic acids is 1. The molecule has 1 amide bonds. The lowest BCUT2D eigenvalue weighted by molar-refractivity contribution is 0.0490. The predicted molar refractivity (Wildman–Crippen MR) is 171 cm³/mol. The van der Waals surface area contributed by atoms with E-state index in [2.05, 4.69) is 58.1 Å². The number of hydrogen-bond donors (Lipinski definition) is 2. The van der Waals surface area contributed by atoms with Crippen LogP contribution in [0.2, 0.25) is 0 Å². The second-order valence-corrected chi connectivity index (χ2v) is 11.4. The first-order valence-corrected chi connectivity index (χ1v) is 15.3. The lowest BCUT2D eigenvalue weighted by Gasteiger charge is -2.38. The van der Waals surface area contributed by atoms with Crippen molar-refractivity contribution in [2.45, 2.75) is 12.8 Å². The van der Waals surface area contributed by atoms with Gasteiger partial charge in [0.25, 0.3) is 5.91 Å². The van der Waals surface area contributed by atoms with Crippen molar-refractivity contribution in [2.24, 2.45) is 11.8 Å². The molecule has 2 N–H and O–H groups in total. The fraction of sp³-hybridized carbons (Fsp3) is 0.222. The minimum atomic E-state index is -1.12. The van der Waals surface area contributed by atoms with Gasteiger partial charge in [-0.05, 0) is 73.2 Å². The van der Waals surface area contributed by atoms with Crippen molar-refractivity contribution in [3.8, 4) is 23.0 Å². The van der Waals surface area contributed by atoms with Gasteiger partial charge in [0.1, 0.15) is 0 Å². The molecule has 0 spiro atoms. The number of rotatable bonds is 8. The van der Waals surface area contributed by atoms with E-state index in [0.29, 0.717) is 34.7 Å². The van der Waals surface area contributed by atoms with Crippen LogP contribution >= 0.6 is 0 Å². The third-order valence-electron chi connectivity index (χ3n) is 7.83. The van der Waals surface area contributed by atoms with Gasteiger partial charge in [-0.3, -0.25) is 4.79 Å². The predicted octanol–water partition coefficient (Wildman–Crippen LogP) is 6.33. The van der Waals surface area contributed by atoms with Crippen LogP contribution in [0.4, 0.5) is 0 Å². The maximum Gasteiger partial charge on any atom is 0.358 e. The molecule has 2 aliphatic rings. The maximum atomic E-state index is 12.4. The Bertz CT molecular complexity index is 1820. The summed E-state index contributed by atoms with van der Waals surface area (Å²) < 4.78 is 20.2. The first-order chi connectivity index (χ1) is 23.0. The Morgan fingerprint density at radius 1 is 0.681 bits per heavy atom. The van der Waals surface area contributed by atoms with Gasteiger partial charge < -0.3 is 33.2 Å². The zero-order valence-electron chi connectivity index (χ0n) is 25.5. The quantitative estimate of drug-likeness (QED) is 0.195. The zero-order valence-corrected chi connectivity index (χ0v) is 25.5. The van der Waals surface area contributed by atoms with Crippen molar-refractivity contribution >= 4 is 11.9 Å². The highest BCUT2D eigenvalue weighted by Gasteiger charge is 2.32. The van der Waals surface area contributed by atoms with Gasteiger partial charge >= 0.3 is 5.97 Å². The third-order valence-corrected chi connectivity index (χ3v) is 7.83. The highest BCUT2D eigenvalue weighted by Crippen LogP contribution is 2.25. The van der Waals surface area contributed by atoms with Crippen molar-refractivity contribution in [1.82, 2.24) is 20.5 Å². The normalized spacial score (nSPS) is 14.2. The van der Waals surface area contributed by atoms with Crippen molar-refractivity contribution in [2.75, 3.05) is 26.2 Å². The number of carbonyl (C=O) groups is 2. The summed E-state index contributed by atoms with van der Waals surface area (Å²) >= 11 is 0. The third kappa shape index (κ3) is 8.33. The molecule has 0 saturated carbocycles. The molecule has 47 heavy (non-hydrogen) atoms. The number of nitrogens with one attached hydrogen (secondary N) is 1. The Morgan fingerprint density at radius 3 is 1.64 bits per heavy atom. The first-order valence-electron chi connectivity index (χ1n) is 15.3. The largest absolute Gasteiger partial charge is 0.476 e. The van der Waals surface area contributed by atoms with Crippen LogP contribution in [-0.2, 0) is 12.8 Å². The van der Waals surface area contributed by atoms with E-state index in [0.717, 1.165) is 25.4 Å². The van der Waals surface area contributed by atoms with Gasteiger partial charge in [0.05, 0.1) is 12.5 Å². The van der Waals surface area contributed by atoms with Crippen LogP contribution in [0, 0.1) is 11.8 Å². The molecule has 4 aromatic heterocycles. The van der Waals surface area contributed by atoms with Crippen LogP contribution in [0.3, 0.4) is 0 Å². The van der Waals surface area contributed by atoms with Crippen LogP contribution in [-0.4, -0.2) is 58.4 Å². The van der Waals surface area contributed by atoms with Gasteiger partial charge in [-0.25, -0.2) is 4.79 Å². The molecule has 240 valence electrons. The minimum absolute atomic E-state index is 0.0872. The standard InChI is InChI=1S/C18H16N2O3.C10H13N.C8H5NO4/c21-18(15-10-17(23-19-15)16-7-4-8-22-16)20-11-14(12-20)9-13-5-2-1-3-6-13;1-2-4-9(5-3-1)6-10-7-11-8-10;10-8(11)5-4-7(13-9-5)6-2-1-3-12-6/h1-8,10,14H,9,11-12H2;1-5,10-11H,6-8H2;1-4H,(H,10,11). The summed E-state index contributed by atoms with van der Waals surface area (Å²) in [5.74, 6) is 2.00. The van der Waals surface area contributed by atoms with E-state index in [1.807, 2.05) is 18.2 Å². The number of amides is 1. The first kappa shape index (κ1) is 31.3. The molecular weight excluding hydrogens is 600 g/mol. The van der Waals surface area contributed by atoms with Crippen molar-refractivity contribution < 1.29 is 32.6 Å². The minimum Gasteiger partial charge on any atom is -0.476 e. The Hall–Kier alpha value is -5.68. The molecule has 8 rings (SSSR count). The number of carboxylic acid groups (broad SMARTS) is 1. The highest BCUT2D eigenvalue weighted by atomic mass is 16.5. The average Bonchev–Trinajstić information content (AvgIpc) is 3.89. The van der Waals surface area contributed by atoms with Gasteiger partial charge in [-0.15, -0.1) is 0 Å². The average molecular weight is 635 g/mol. The van der Waals surface area contributed by atoms with E-state index in [9.17, 15) is 9.59 Å². The number of benzene rings is 2. The summed E-state index contributed by atoms with van der Waals surface area (Å²) in [7, 11) is 0. The molecule has 0 unspecified atom stereocenters. The number of furan rings is 2. The molecule has 2 saturated heterocycles. The molecule has 2 aliphatic heterocycles. The topological polar surface area (TPSA) is 148 Å². The fourth-order valence-electron chi connectivity index (χ4n) is 5.24. The Kier molecular flexibility index (Phi) is 10.0. The highest BCUT2D eigenvalue weighted by molar-refractivity contribution is 5.93. The van der Waals surface area contributed by atoms with E-state index in [4.69, 9.17) is 23.0 Å². The summed E-state index contributed by atoms with van der Waals surface area (Å²) in [5, 5.41) is 19.0. The summed E-state index contributed by atoms with van der Waals surface area (Å²) in [6.07, 6.45) is 5.27. The summed E-state index contributed by atoms with van der Waals surface area (Å²) in [6, 6.07) is 30.9. The Balaban J connectivity index is 0.000000136.